The van der Waals surface area contributed by atoms with Crippen molar-refractivity contribution in [1.82, 2.24) is 0 Å². The Kier molecular flexibility index (Phi) is 5.72. The first-order chi connectivity index (χ1) is 14.4. The zero-order chi connectivity index (χ0) is 21.3. The van der Waals surface area contributed by atoms with E-state index in [1.165, 1.54) is 23.5 Å². The third kappa shape index (κ3) is 4.03. The summed E-state index contributed by atoms with van der Waals surface area (Å²) in [4.78, 5) is 25.8. The van der Waals surface area contributed by atoms with Crippen LogP contribution in [0.15, 0.2) is 66.7 Å². The predicted molar refractivity (Wildman–Crippen MR) is 121 cm³/mol. The van der Waals surface area contributed by atoms with Crippen molar-refractivity contribution in [3.05, 3.63) is 93.0 Å². The molecule has 2 N–H and O–H groups in total. The van der Waals surface area contributed by atoms with Crippen LogP contribution in [0.2, 0.25) is 10.0 Å². The Bertz CT molecular complexity index is 1270. The summed E-state index contributed by atoms with van der Waals surface area (Å²) in [5.74, 6) is -1.98. The molecule has 4 nitrogen and oxygen atoms in total. The van der Waals surface area contributed by atoms with E-state index >= 15 is 0 Å². The highest BCUT2D eigenvalue weighted by Crippen LogP contribution is 2.35. The SMILES string of the molecule is O=C(Nc1cccc(F)c1C(=O)Nc1ccc(Cl)cc1)c1sc2ccccc2c1Cl. The lowest BCUT2D eigenvalue weighted by Crippen LogP contribution is -2.19. The minimum Gasteiger partial charge on any atom is -0.322 e. The van der Waals surface area contributed by atoms with Crippen LogP contribution < -0.4 is 10.6 Å². The fourth-order valence-electron chi connectivity index (χ4n) is 2.93. The minimum atomic E-state index is -0.762. The van der Waals surface area contributed by atoms with Gasteiger partial charge in [-0.25, -0.2) is 4.39 Å². The molecule has 0 aliphatic rings. The van der Waals surface area contributed by atoms with Gasteiger partial charge in [0.15, 0.2) is 0 Å². The first kappa shape index (κ1) is 20.3. The summed E-state index contributed by atoms with van der Waals surface area (Å²) in [6.45, 7) is 0. The molecule has 30 heavy (non-hydrogen) atoms. The molecule has 4 aromatic rings. The monoisotopic (exact) mass is 458 g/mol. The molecule has 0 unspecified atom stereocenters. The zero-order valence-corrected chi connectivity index (χ0v) is 17.5. The number of thiophene rings is 1. The quantitative estimate of drug-likeness (QED) is 0.351. The van der Waals surface area contributed by atoms with Gasteiger partial charge in [0, 0.05) is 20.8 Å². The van der Waals surface area contributed by atoms with Crippen LogP contribution in [0.5, 0.6) is 0 Å². The summed E-state index contributed by atoms with van der Waals surface area (Å²) < 4.78 is 15.4. The van der Waals surface area contributed by atoms with Crippen molar-refractivity contribution in [1.29, 1.82) is 0 Å². The lowest BCUT2D eigenvalue weighted by atomic mass is 10.1. The number of carbonyl (C=O) groups is 2. The number of hydrogen-bond donors (Lipinski definition) is 2. The van der Waals surface area contributed by atoms with E-state index in [9.17, 15) is 14.0 Å². The van der Waals surface area contributed by atoms with E-state index in [0.717, 1.165) is 16.2 Å². The smallest absolute Gasteiger partial charge is 0.267 e. The van der Waals surface area contributed by atoms with Crippen molar-refractivity contribution in [2.45, 2.75) is 0 Å². The van der Waals surface area contributed by atoms with Crippen LogP contribution >= 0.6 is 34.5 Å². The molecule has 4 rings (SSSR count). The number of hydrogen-bond acceptors (Lipinski definition) is 3. The summed E-state index contributed by atoms with van der Waals surface area (Å²) in [5, 5.41) is 6.79. The van der Waals surface area contributed by atoms with Gasteiger partial charge < -0.3 is 10.6 Å². The van der Waals surface area contributed by atoms with E-state index in [1.54, 1.807) is 24.3 Å². The third-order valence-corrected chi connectivity index (χ3v) is 6.26. The van der Waals surface area contributed by atoms with Crippen LogP contribution in [0.3, 0.4) is 0 Å². The number of amides is 2. The maximum absolute atomic E-state index is 14.5. The minimum absolute atomic E-state index is 0.0417. The van der Waals surface area contributed by atoms with Gasteiger partial charge in [-0.2, -0.15) is 0 Å². The predicted octanol–water partition coefficient (Wildman–Crippen LogP) is 6.85. The lowest BCUT2D eigenvalue weighted by molar-refractivity contribution is 0.102. The number of rotatable bonds is 4. The number of fused-ring (bicyclic) bond motifs is 1. The number of carbonyl (C=O) groups excluding carboxylic acids is 2. The molecule has 3 aromatic carbocycles. The van der Waals surface area contributed by atoms with Crippen LogP contribution in [-0.2, 0) is 0 Å². The highest BCUT2D eigenvalue weighted by Gasteiger charge is 2.22. The van der Waals surface area contributed by atoms with Gasteiger partial charge in [0.05, 0.1) is 16.3 Å². The second-order valence-electron chi connectivity index (χ2n) is 6.32. The van der Waals surface area contributed by atoms with E-state index in [2.05, 4.69) is 10.6 Å². The molecule has 0 spiro atoms. The molecule has 0 saturated heterocycles. The average molecular weight is 459 g/mol. The van der Waals surface area contributed by atoms with Crippen molar-refractivity contribution in [2.24, 2.45) is 0 Å². The van der Waals surface area contributed by atoms with Gasteiger partial charge in [-0.1, -0.05) is 47.5 Å². The Morgan fingerprint density at radius 2 is 1.57 bits per heavy atom. The lowest BCUT2D eigenvalue weighted by Gasteiger charge is -2.12. The normalized spacial score (nSPS) is 10.8. The Morgan fingerprint density at radius 1 is 0.833 bits per heavy atom. The molecular weight excluding hydrogens is 446 g/mol. The van der Waals surface area contributed by atoms with Crippen LogP contribution in [0, 0.1) is 5.82 Å². The summed E-state index contributed by atoms with van der Waals surface area (Å²) in [6, 6.07) is 17.8. The molecule has 1 heterocycles. The highest BCUT2D eigenvalue weighted by molar-refractivity contribution is 7.21. The molecule has 1 aromatic heterocycles. The zero-order valence-electron chi connectivity index (χ0n) is 15.2. The largest absolute Gasteiger partial charge is 0.322 e. The molecule has 0 saturated carbocycles. The van der Waals surface area contributed by atoms with Gasteiger partial charge in [-0.05, 0) is 42.5 Å². The Hall–Kier alpha value is -2.93. The second-order valence-corrected chi connectivity index (χ2v) is 8.19. The maximum Gasteiger partial charge on any atom is 0.267 e. The van der Waals surface area contributed by atoms with Crippen LogP contribution in [0.4, 0.5) is 15.8 Å². The third-order valence-electron chi connectivity index (χ3n) is 4.33. The Morgan fingerprint density at radius 3 is 2.30 bits per heavy atom. The molecular formula is C22H13Cl2FN2O2S. The Labute approximate surface area is 185 Å². The Balaban J connectivity index is 1.63. The number of halogens is 3. The fourth-order valence-corrected chi connectivity index (χ4v) is 4.46. The van der Waals surface area contributed by atoms with Crippen molar-refractivity contribution in [2.75, 3.05) is 10.6 Å². The summed E-state index contributed by atoms with van der Waals surface area (Å²) in [6.07, 6.45) is 0. The molecule has 8 heteroatoms. The van der Waals surface area contributed by atoms with Gasteiger partial charge in [-0.3, -0.25) is 9.59 Å². The van der Waals surface area contributed by atoms with Crippen LogP contribution in [0.25, 0.3) is 10.1 Å². The maximum atomic E-state index is 14.5. The molecule has 150 valence electrons. The molecule has 0 aliphatic carbocycles. The standard InChI is InChI=1S/C22H13Cl2FN2O2S/c23-12-8-10-13(11-9-12)26-21(28)18-15(25)5-3-6-16(18)27-22(29)20-19(24)14-4-1-2-7-17(14)30-20/h1-11H,(H,26,28)(H,27,29). The number of benzene rings is 3. The van der Waals surface area contributed by atoms with Crippen molar-refractivity contribution in [3.63, 3.8) is 0 Å². The van der Waals surface area contributed by atoms with Gasteiger partial charge in [0.25, 0.3) is 11.8 Å². The van der Waals surface area contributed by atoms with Crippen molar-refractivity contribution >= 4 is 67.8 Å². The van der Waals surface area contributed by atoms with Crippen LogP contribution in [0.1, 0.15) is 20.0 Å². The number of anilines is 2. The number of nitrogens with one attached hydrogen (secondary N) is 2. The van der Waals surface area contributed by atoms with Gasteiger partial charge in [0.2, 0.25) is 0 Å². The van der Waals surface area contributed by atoms with E-state index in [4.69, 9.17) is 23.2 Å². The molecule has 0 bridgehead atoms. The molecule has 2 amide bonds. The summed E-state index contributed by atoms with van der Waals surface area (Å²) in [7, 11) is 0. The van der Waals surface area contributed by atoms with E-state index < -0.39 is 17.6 Å². The first-order valence-electron chi connectivity index (χ1n) is 8.78. The van der Waals surface area contributed by atoms with Crippen molar-refractivity contribution in [3.8, 4) is 0 Å². The van der Waals surface area contributed by atoms with Crippen molar-refractivity contribution < 1.29 is 14.0 Å². The summed E-state index contributed by atoms with van der Waals surface area (Å²) in [5.41, 5.74) is 0.204. The second kappa shape index (κ2) is 8.44. The highest BCUT2D eigenvalue weighted by atomic mass is 35.5. The molecule has 0 atom stereocenters. The first-order valence-corrected chi connectivity index (χ1v) is 10.3. The van der Waals surface area contributed by atoms with E-state index in [0.29, 0.717) is 15.7 Å². The molecule has 0 radical (unpaired) electrons. The fraction of sp³-hybridized carbons (Fsp3) is 0. The van der Waals surface area contributed by atoms with Crippen LogP contribution in [-0.4, -0.2) is 11.8 Å². The molecule has 0 aliphatic heterocycles. The average Bonchev–Trinajstić information content (AvgIpc) is 3.07. The molecule has 0 fully saturated rings. The van der Waals surface area contributed by atoms with Gasteiger partial charge in [-0.15, -0.1) is 11.3 Å². The summed E-state index contributed by atoms with van der Waals surface area (Å²) >= 11 is 13.4. The topological polar surface area (TPSA) is 58.2 Å². The van der Waals surface area contributed by atoms with Gasteiger partial charge in [0.1, 0.15) is 10.7 Å². The van der Waals surface area contributed by atoms with Gasteiger partial charge >= 0.3 is 0 Å². The van der Waals surface area contributed by atoms with E-state index in [-0.39, 0.29) is 16.1 Å². The van der Waals surface area contributed by atoms with E-state index in [1.807, 2.05) is 24.3 Å².